The summed E-state index contributed by atoms with van der Waals surface area (Å²) in [5, 5.41) is 0. The molecular formula is C28H76O7P2. The Labute approximate surface area is 237 Å². The lowest BCUT2D eigenvalue weighted by molar-refractivity contribution is 0.0637. The van der Waals surface area contributed by atoms with E-state index < -0.39 is 15.2 Å². The molecule has 0 bridgehead atoms. The molecule has 4 atom stereocenters. The molecule has 4 unspecified atom stereocenters. The van der Waals surface area contributed by atoms with Gasteiger partial charge >= 0.3 is 15.2 Å². The average Bonchev–Trinajstić information content (AvgIpc) is 2.64. The molecule has 0 aromatic rings. The first-order valence-electron chi connectivity index (χ1n) is 11.0. The van der Waals surface area contributed by atoms with Gasteiger partial charge < -0.3 is 18.5 Å². The van der Waals surface area contributed by atoms with Crippen molar-refractivity contribution in [3.05, 3.63) is 0 Å². The van der Waals surface area contributed by atoms with E-state index in [-0.39, 0.29) is 72.6 Å². The van der Waals surface area contributed by atoms with Crippen molar-refractivity contribution >= 4 is 15.2 Å². The lowest BCUT2D eigenvalue weighted by Gasteiger charge is -2.20. The summed E-state index contributed by atoms with van der Waals surface area (Å²) in [7, 11) is -6.98. The second kappa shape index (κ2) is 36.3. The Morgan fingerprint density at radius 2 is 0.838 bits per heavy atom. The standard InChI is InChI=1S/C20H44O7P2.8CH4/c1-7-11-19(9-3)17-23-13-15-25-28(5,21)27-29(6,22)26-16-14-24-18-20(10-4)12-8-2;;;;;;;;/h19-20H,7-18H2,1-6H3;8*1H4. The van der Waals surface area contributed by atoms with Gasteiger partial charge in [-0.3, -0.25) is 9.13 Å². The zero-order valence-corrected chi connectivity index (χ0v) is 21.2. The predicted octanol–water partition coefficient (Wildman–Crippen LogP) is 11.5. The quantitative estimate of drug-likeness (QED) is 0.104. The van der Waals surface area contributed by atoms with Crippen molar-refractivity contribution in [2.75, 3.05) is 53.0 Å². The van der Waals surface area contributed by atoms with E-state index in [4.69, 9.17) is 22.8 Å². The molecule has 9 heteroatoms. The Morgan fingerprint density at radius 3 is 1.08 bits per heavy atom. The summed E-state index contributed by atoms with van der Waals surface area (Å²) < 4.78 is 51.6. The average molecular weight is 587 g/mol. The molecule has 0 radical (unpaired) electrons. The highest BCUT2D eigenvalue weighted by Gasteiger charge is 2.29. The normalized spacial score (nSPS) is 14.2. The van der Waals surface area contributed by atoms with Crippen LogP contribution >= 0.6 is 15.2 Å². The maximum atomic E-state index is 12.4. The Kier molecular flexibility index (Phi) is 60.1. The summed E-state index contributed by atoms with van der Waals surface area (Å²) in [6, 6.07) is 0. The van der Waals surface area contributed by atoms with Crippen LogP contribution in [-0.4, -0.2) is 53.0 Å². The van der Waals surface area contributed by atoms with Crippen LogP contribution in [0.15, 0.2) is 0 Å². The highest BCUT2D eigenvalue weighted by atomic mass is 31.3. The van der Waals surface area contributed by atoms with Gasteiger partial charge in [-0.15, -0.1) is 0 Å². The lowest BCUT2D eigenvalue weighted by Crippen LogP contribution is -2.12. The third-order valence-corrected chi connectivity index (χ3v) is 8.34. The van der Waals surface area contributed by atoms with E-state index in [0.717, 1.165) is 38.5 Å². The van der Waals surface area contributed by atoms with Gasteiger partial charge in [0.15, 0.2) is 0 Å². The van der Waals surface area contributed by atoms with Crippen LogP contribution < -0.4 is 0 Å². The first kappa shape index (κ1) is 61.3. The molecule has 0 saturated carbocycles. The van der Waals surface area contributed by atoms with Crippen LogP contribution in [0.1, 0.15) is 126 Å². The van der Waals surface area contributed by atoms with Crippen molar-refractivity contribution in [2.24, 2.45) is 11.8 Å². The third kappa shape index (κ3) is 36.3. The monoisotopic (exact) mass is 587 g/mol. The fourth-order valence-electron chi connectivity index (χ4n) is 2.97. The fourth-order valence-corrected chi connectivity index (χ4v) is 6.31. The van der Waals surface area contributed by atoms with Crippen molar-refractivity contribution in [1.29, 1.82) is 0 Å². The van der Waals surface area contributed by atoms with Crippen molar-refractivity contribution in [3.8, 4) is 0 Å². The van der Waals surface area contributed by atoms with E-state index in [2.05, 4.69) is 27.7 Å². The molecule has 0 rings (SSSR count). The van der Waals surface area contributed by atoms with E-state index >= 15 is 0 Å². The minimum atomic E-state index is -3.49. The first-order chi connectivity index (χ1) is 13.7. The van der Waals surface area contributed by atoms with Crippen molar-refractivity contribution in [2.45, 2.75) is 126 Å². The minimum Gasteiger partial charge on any atom is -0.379 e. The van der Waals surface area contributed by atoms with Gasteiger partial charge in [-0.05, 0) is 24.7 Å². The van der Waals surface area contributed by atoms with Gasteiger partial charge in [-0.2, -0.15) is 0 Å². The SMILES string of the molecule is C.C.C.C.C.C.C.C.CCCC(CC)COCCOP(C)(=O)OP(C)(=O)OCCOCC(CC)CCC. The molecule has 0 aromatic carbocycles. The number of hydrogen-bond acceptors (Lipinski definition) is 7. The zero-order valence-electron chi connectivity index (χ0n) is 19.4. The Hall–Kier alpha value is 0.260. The molecular weight excluding hydrogens is 510 g/mol. The smallest absolute Gasteiger partial charge is 0.334 e. The molecule has 0 aliphatic rings. The summed E-state index contributed by atoms with van der Waals surface area (Å²) in [6.07, 6.45) is 6.66. The van der Waals surface area contributed by atoms with Gasteiger partial charge in [-0.1, -0.05) is 113 Å². The van der Waals surface area contributed by atoms with Crippen molar-refractivity contribution < 1.29 is 32.0 Å². The van der Waals surface area contributed by atoms with Crippen LogP contribution in [0.4, 0.5) is 0 Å². The van der Waals surface area contributed by atoms with E-state index in [0.29, 0.717) is 38.3 Å². The first-order valence-corrected chi connectivity index (χ1v) is 15.0. The summed E-state index contributed by atoms with van der Waals surface area (Å²) in [5.41, 5.74) is 0. The molecule has 0 heterocycles. The molecule has 0 amide bonds. The summed E-state index contributed by atoms with van der Waals surface area (Å²) in [6.45, 7) is 13.4. The van der Waals surface area contributed by atoms with Crippen LogP contribution in [0.3, 0.4) is 0 Å². The molecule has 0 fully saturated rings. The van der Waals surface area contributed by atoms with E-state index in [1.165, 1.54) is 13.3 Å². The van der Waals surface area contributed by atoms with Crippen LogP contribution in [-0.2, 0) is 32.0 Å². The maximum absolute atomic E-state index is 12.4. The van der Waals surface area contributed by atoms with Gasteiger partial charge in [0.25, 0.3) is 0 Å². The number of hydrogen-bond donors (Lipinski definition) is 0. The molecule has 7 nitrogen and oxygen atoms in total. The van der Waals surface area contributed by atoms with E-state index in [9.17, 15) is 9.13 Å². The topological polar surface area (TPSA) is 80.3 Å². The number of ether oxygens (including phenoxy) is 2. The molecule has 0 aliphatic heterocycles. The molecule has 0 N–H and O–H groups in total. The van der Waals surface area contributed by atoms with E-state index in [1.54, 1.807) is 0 Å². The van der Waals surface area contributed by atoms with Crippen LogP contribution in [0, 0.1) is 11.8 Å². The minimum absolute atomic E-state index is 0. The lowest BCUT2D eigenvalue weighted by atomic mass is 10.0. The molecule has 37 heavy (non-hydrogen) atoms. The van der Waals surface area contributed by atoms with Crippen LogP contribution in [0.25, 0.3) is 0 Å². The summed E-state index contributed by atoms with van der Waals surface area (Å²) in [5.74, 6) is 1.07. The predicted molar refractivity (Wildman–Crippen MR) is 173 cm³/mol. The van der Waals surface area contributed by atoms with Gasteiger partial charge in [0.2, 0.25) is 0 Å². The maximum Gasteiger partial charge on any atom is 0.334 e. The van der Waals surface area contributed by atoms with Gasteiger partial charge in [-0.25, -0.2) is 4.31 Å². The summed E-state index contributed by atoms with van der Waals surface area (Å²) in [4.78, 5) is 0. The third-order valence-electron chi connectivity index (χ3n) is 4.66. The zero-order chi connectivity index (χ0) is 22.2. The highest BCUT2D eigenvalue weighted by Crippen LogP contribution is 2.60. The van der Waals surface area contributed by atoms with Crippen LogP contribution in [0.5, 0.6) is 0 Å². The molecule has 0 saturated heterocycles. The van der Waals surface area contributed by atoms with Crippen molar-refractivity contribution in [1.82, 2.24) is 0 Å². The fraction of sp³-hybridized carbons (Fsp3) is 1.00. The van der Waals surface area contributed by atoms with Gasteiger partial charge in [0.1, 0.15) is 0 Å². The summed E-state index contributed by atoms with van der Waals surface area (Å²) >= 11 is 0. The van der Waals surface area contributed by atoms with E-state index in [1.807, 2.05) is 0 Å². The largest absolute Gasteiger partial charge is 0.379 e. The second-order valence-electron chi connectivity index (χ2n) is 7.57. The highest BCUT2D eigenvalue weighted by molar-refractivity contribution is 7.66. The molecule has 0 aliphatic carbocycles. The van der Waals surface area contributed by atoms with Gasteiger partial charge in [0, 0.05) is 26.5 Å². The molecule has 0 spiro atoms. The molecule has 240 valence electrons. The van der Waals surface area contributed by atoms with Crippen LogP contribution in [0.2, 0.25) is 0 Å². The molecule has 0 aromatic heterocycles. The Bertz CT molecular complexity index is 449. The second-order valence-corrected chi connectivity index (χ2v) is 11.8. The Morgan fingerprint density at radius 1 is 0.541 bits per heavy atom. The van der Waals surface area contributed by atoms with Gasteiger partial charge in [0.05, 0.1) is 26.4 Å². The van der Waals surface area contributed by atoms with Crippen molar-refractivity contribution in [3.63, 3.8) is 0 Å². The Balaban J connectivity index is -0.000000140. The number of rotatable bonds is 20.